The summed E-state index contributed by atoms with van der Waals surface area (Å²) in [7, 11) is 3.99. The van der Waals surface area contributed by atoms with Crippen molar-refractivity contribution in [3.05, 3.63) is 65.2 Å². The molecule has 26 heavy (non-hydrogen) atoms. The molecular formula is C23H30N2O. The number of benzene rings is 2. The maximum atomic E-state index is 5.27. The highest BCUT2D eigenvalue weighted by molar-refractivity contribution is 5.36. The zero-order valence-corrected chi connectivity index (χ0v) is 15.9. The highest BCUT2D eigenvalue weighted by Crippen LogP contribution is 2.44. The summed E-state index contributed by atoms with van der Waals surface area (Å²) < 4.78 is 5.27. The van der Waals surface area contributed by atoms with E-state index in [-0.39, 0.29) is 0 Å². The number of hydrogen-bond acceptors (Lipinski definition) is 3. The van der Waals surface area contributed by atoms with Gasteiger partial charge in [-0.05, 0) is 74.0 Å². The van der Waals surface area contributed by atoms with Gasteiger partial charge in [0.1, 0.15) is 5.75 Å². The Morgan fingerprint density at radius 1 is 1.00 bits per heavy atom. The average molecular weight is 351 g/mol. The second-order valence-electron chi connectivity index (χ2n) is 7.85. The lowest BCUT2D eigenvalue weighted by molar-refractivity contribution is 0.168. The molecule has 0 radical (unpaired) electrons. The molecule has 1 heterocycles. The molecule has 0 bridgehead atoms. The summed E-state index contributed by atoms with van der Waals surface area (Å²) in [6, 6.07) is 18.7. The van der Waals surface area contributed by atoms with E-state index in [1.807, 2.05) is 0 Å². The average Bonchev–Trinajstić information content (AvgIpc) is 3.54. The molecule has 1 saturated carbocycles. The Balaban J connectivity index is 1.43. The van der Waals surface area contributed by atoms with Gasteiger partial charge in [0.25, 0.3) is 0 Å². The molecule has 2 aromatic rings. The molecule has 0 amide bonds. The second-order valence-corrected chi connectivity index (χ2v) is 7.85. The maximum absolute atomic E-state index is 5.27. The van der Waals surface area contributed by atoms with Crippen molar-refractivity contribution >= 4 is 0 Å². The van der Waals surface area contributed by atoms with E-state index in [4.69, 9.17) is 4.74 Å². The van der Waals surface area contributed by atoms with Crippen molar-refractivity contribution in [2.24, 2.45) is 0 Å². The van der Waals surface area contributed by atoms with Gasteiger partial charge in [0, 0.05) is 18.6 Å². The molecule has 138 valence electrons. The van der Waals surface area contributed by atoms with Crippen LogP contribution in [-0.4, -0.2) is 31.6 Å². The topological polar surface area (TPSA) is 24.5 Å². The van der Waals surface area contributed by atoms with Crippen molar-refractivity contribution in [1.29, 1.82) is 0 Å². The molecule has 2 fully saturated rings. The number of piperidine rings is 1. The summed E-state index contributed by atoms with van der Waals surface area (Å²) in [5.74, 6) is 1.74. The van der Waals surface area contributed by atoms with Gasteiger partial charge >= 0.3 is 0 Å². The molecule has 2 aliphatic rings. The van der Waals surface area contributed by atoms with Gasteiger partial charge in [0.15, 0.2) is 0 Å². The van der Waals surface area contributed by atoms with Crippen LogP contribution in [-0.2, 0) is 6.54 Å². The van der Waals surface area contributed by atoms with Crippen LogP contribution >= 0.6 is 0 Å². The third-order valence-electron chi connectivity index (χ3n) is 5.98. The van der Waals surface area contributed by atoms with Gasteiger partial charge in [-0.25, -0.2) is 0 Å². The largest absolute Gasteiger partial charge is 0.497 e. The Bertz CT molecular complexity index is 723. The zero-order chi connectivity index (χ0) is 17.9. The van der Waals surface area contributed by atoms with Crippen LogP contribution in [0.1, 0.15) is 54.3 Å². The first kappa shape index (κ1) is 17.6. The molecule has 1 saturated heterocycles. The Labute approximate surface area is 157 Å². The molecule has 2 aromatic carbocycles. The fourth-order valence-electron chi connectivity index (χ4n) is 4.28. The number of hydrogen-bond donors (Lipinski definition) is 1. The van der Waals surface area contributed by atoms with E-state index in [9.17, 15) is 0 Å². The third kappa shape index (κ3) is 3.94. The van der Waals surface area contributed by atoms with Crippen molar-refractivity contribution < 1.29 is 4.74 Å². The predicted molar refractivity (Wildman–Crippen MR) is 107 cm³/mol. The standard InChI is InChI=1S/C23H30N2O/c1-25(16-17-7-11-20(26-2)12-8-17)19-13-14-24-23(15-19)22-6-4-3-5-21(22)18-9-10-18/h3-8,11-12,18-19,23-24H,9-10,13-16H2,1-2H3. The second kappa shape index (κ2) is 7.81. The van der Waals surface area contributed by atoms with Gasteiger partial charge in [-0.15, -0.1) is 0 Å². The lowest BCUT2D eigenvalue weighted by atomic mass is 9.89. The molecule has 1 N–H and O–H groups in total. The van der Waals surface area contributed by atoms with E-state index in [1.54, 1.807) is 12.7 Å². The van der Waals surface area contributed by atoms with Crippen LogP contribution < -0.4 is 10.1 Å². The first-order chi connectivity index (χ1) is 12.7. The van der Waals surface area contributed by atoms with Crippen molar-refractivity contribution in [3.63, 3.8) is 0 Å². The van der Waals surface area contributed by atoms with E-state index >= 15 is 0 Å². The monoisotopic (exact) mass is 350 g/mol. The SMILES string of the molecule is COc1ccc(CN(C)C2CCNC(c3ccccc3C3CC3)C2)cc1. The number of rotatable bonds is 6. The van der Waals surface area contributed by atoms with E-state index in [2.05, 4.69) is 65.8 Å². The van der Waals surface area contributed by atoms with Gasteiger partial charge in [0.2, 0.25) is 0 Å². The molecule has 3 nitrogen and oxygen atoms in total. The van der Waals surface area contributed by atoms with Crippen LogP contribution in [0, 0.1) is 0 Å². The number of nitrogens with one attached hydrogen (secondary N) is 1. The molecular weight excluding hydrogens is 320 g/mol. The maximum Gasteiger partial charge on any atom is 0.118 e. The highest BCUT2D eigenvalue weighted by Gasteiger charge is 2.31. The van der Waals surface area contributed by atoms with Crippen LogP contribution in [0.4, 0.5) is 0 Å². The molecule has 0 aromatic heterocycles. The Kier molecular flexibility index (Phi) is 5.28. The van der Waals surface area contributed by atoms with Crippen molar-refractivity contribution in [2.75, 3.05) is 20.7 Å². The third-order valence-corrected chi connectivity index (χ3v) is 5.98. The quantitative estimate of drug-likeness (QED) is 0.830. The van der Waals surface area contributed by atoms with E-state index < -0.39 is 0 Å². The number of nitrogens with zero attached hydrogens (tertiary/aromatic N) is 1. The van der Waals surface area contributed by atoms with Crippen LogP contribution in [0.25, 0.3) is 0 Å². The molecule has 2 atom stereocenters. The molecule has 1 aliphatic carbocycles. The molecule has 3 heteroatoms. The van der Waals surface area contributed by atoms with Gasteiger partial charge in [-0.3, -0.25) is 4.90 Å². The Hall–Kier alpha value is -1.84. The summed E-state index contributed by atoms with van der Waals surface area (Å²) in [6.07, 6.45) is 5.14. The summed E-state index contributed by atoms with van der Waals surface area (Å²) in [5.41, 5.74) is 4.47. The lowest BCUT2D eigenvalue weighted by Crippen LogP contribution is -2.42. The molecule has 4 rings (SSSR count). The zero-order valence-electron chi connectivity index (χ0n) is 15.9. The first-order valence-electron chi connectivity index (χ1n) is 9.90. The fourth-order valence-corrected chi connectivity index (χ4v) is 4.28. The minimum atomic E-state index is 0.490. The minimum Gasteiger partial charge on any atom is -0.497 e. The molecule has 0 spiro atoms. The van der Waals surface area contributed by atoms with Gasteiger partial charge in [-0.2, -0.15) is 0 Å². The van der Waals surface area contributed by atoms with Crippen LogP contribution in [0.2, 0.25) is 0 Å². The highest BCUT2D eigenvalue weighted by atomic mass is 16.5. The Morgan fingerprint density at radius 2 is 1.73 bits per heavy atom. The van der Waals surface area contributed by atoms with Crippen molar-refractivity contribution in [1.82, 2.24) is 10.2 Å². The Morgan fingerprint density at radius 3 is 2.42 bits per heavy atom. The van der Waals surface area contributed by atoms with Gasteiger partial charge in [0.05, 0.1) is 7.11 Å². The van der Waals surface area contributed by atoms with Crippen LogP contribution in [0.15, 0.2) is 48.5 Å². The summed E-state index contributed by atoms with van der Waals surface area (Å²) >= 11 is 0. The first-order valence-corrected chi connectivity index (χ1v) is 9.90. The number of ether oxygens (including phenoxy) is 1. The summed E-state index contributed by atoms with van der Waals surface area (Å²) in [4.78, 5) is 2.52. The normalized spacial score (nSPS) is 23.2. The molecule has 2 unspecified atom stereocenters. The van der Waals surface area contributed by atoms with Crippen LogP contribution in [0.3, 0.4) is 0 Å². The summed E-state index contributed by atoms with van der Waals surface area (Å²) in [5, 5.41) is 3.78. The fraction of sp³-hybridized carbons (Fsp3) is 0.478. The minimum absolute atomic E-state index is 0.490. The van der Waals surface area contributed by atoms with E-state index in [0.717, 1.165) is 24.8 Å². The van der Waals surface area contributed by atoms with Crippen molar-refractivity contribution in [2.45, 2.75) is 50.2 Å². The lowest BCUT2D eigenvalue weighted by Gasteiger charge is -2.37. The van der Waals surface area contributed by atoms with Crippen LogP contribution in [0.5, 0.6) is 5.75 Å². The van der Waals surface area contributed by atoms with E-state index in [1.165, 1.54) is 36.8 Å². The summed E-state index contributed by atoms with van der Waals surface area (Å²) in [6.45, 7) is 2.09. The smallest absolute Gasteiger partial charge is 0.118 e. The van der Waals surface area contributed by atoms with Gasteiger partial charge < -0.3 is 10.1 Å². The van der Waals surface area contributed by atoms with Crippen molar-refractivity contribution in [3.8, 4) is 5.75 Å². The molecule has 1 aliphatic heterocycles. The van der Waals surface area contributed by atoms with Gasteiger partial charge in [-0.1, -0.05) is 36.4 Å². The predicted octanol–water partition coefficient (Wildman–Crippen LogP) is 4.50. The number of methoxy groups -OCH3 is 1. The van der Waals surface area contributed by atoms with E-state index in [0.29, 0.717) is 12.1 Å².